The van der Waals surface area contributed by atoms with Gasteiger partial charge in [0.1, 0.15) is 0 Å². The van der Waals surface area contributed by atoms with Gasteiger partial charge in [-0.2, -0.15) is 0 Å². The van der Waals surface area contributed by atoms with Crippen molar-refractivity contribution in [2.75, 3.05) is 0 Å². The van der Waals surface area contributed by atoms with Gasteiger partial charge >= 0.3 is 0 Å². The number of halogens is 1. The summed E-state index contributed by atoms with van der Waals surface area (Å²) in [6.45, 7) is 0. The zero-order valence-corrected chi connectivity index (χ0v) is 32.7. The van der Waals surface area contributed by atoms with Crippen LogP contribution in [0.2, 0.25) is 0 Å². The van der Waals surface area contributed by atoms with Crippen LogP contribution in [-0.2, 0) is 12.8 Å². The molecule has 0 spiro atoms. The number of thioether (sulfide) groups is 1. The Morgan fingerprint density at radius 1 is 0.811 bits per heavy atom. The van der Waals surface area contributed by atoms with Crippen LogP contribution in [0.5, 0.6) is 0 Å². The molecule has 3 aliphatic heterocycles. The van der Waals surface area contributed by atoms with E-state index in [0.29, 0.717) is 23.8 Å². The van der Waals surface area contributed by atoms with Crippen molar-refractivity contribution in [1.82, 2.24) is 3.11 Å². The molecular formula is C49H41IN2S. The number of hydrogen-bond donors (Lipinski definition) is 0. The summed E-state index contributed by atoms with van der Waals surface area (Å²) in [6.07, 6.45) is 38.7. The number of fused-ring (bicyclic) bond motifs is 5. The monoisotopic (exact) mass is 816 g/mol. The predicted molar refractivity (Wildman–Crippen MR) is 232 cm³/mol. The zero-order valence-electron chi connectivity index (χ0n) is 29.8. The first kappa shape index (κ1) is 31.2. The Morgan fingerprint density at radius 3 is 2.74 bits per heavy atom. The van der Waals surface area contributed by atoms with Crippen LogP contribution < -0.4 is 0 Å². The summed E-state index contributed by atoms with van der Waals surface area (Å²) in [6, 6.07) is 21.2. The van der Waals surface area contributed by atoms with Crippen LogP contribution in [0.15, 0.2) is 168 Å². The SMILES string of the molecule is C1=CCC2C(=C1)SC1=C2CC(C2=CC3C4=C(C=CCC4)N(I4=Nc5ccccc5C=4C4=CC(c5ccc6c7c(cccc57)CC6)=CCC4)C3C=C2)C=C1. The molecule has 12 rings (SSSR count). The van der Waals surface area contributed by atoms with E-state index in [-0.39, 0.29) is 0 Å². The van der Waals surface area contributed by atoms with Crippen molar-refractivity contribution in [2.45, 2.75) is 57.4 Å². The van der Waals surface area contributed by atoms with Gasteiger partial charge in [-0.1, -0.05) is 127 Å². The maximum atomic E-state index is 5.77. The number of aryl methyl sites for hydroxylation is 2. The highest BCUT2D eigenvalue weighted by Gasteiger charge is 2.43. The summed E-state index contributed by atoms with van der Waals surface area (Å²) in [4.78, 5) is 3.06. The Kier molecular flexibility index (Phi) is 7.19. The fourth-order valence-corrected chi connectivity index (χ4v) is 17.8. The predicted octanol–water partition coefficient (Wildman–Crippen LogP) is 13.0. The molecule has 0 N–H and O–H groups in total. The highest BCUT2D eigenvalue weighted by Crippen LogP contribution is 2.57. The standard InChI is InChI=1S/C49H41IN2S/c1-4-16-43-40(14-1)49(35-11-7-10-34(27-35)36-24-21-31-20-19-30-9-8-15-39(36)48(30)31)50(51-43)52-44-17-5-2-12-37(44)41-28-32(22-25-45(41)52)33-23-26-47-42(29-33)38-13-3-6-18-46(38)53-47/h1,3-6,8-10,14-18,21-28,33,38,41,45H,2,7,11-13,19-20,29H2. The maximum Gasteiger partial charge on any atom is 0.0786 e. The van der Waals surface area contributed by atoms with E-state index in [1.807, 2.05) is 11.8 Å². The van der Waals surface area contributed by atoms with Crippen molar-refractivity contribution < 1.29 is 0 Å². The highest BCUT2D eigenvalue weighted by atomic mass is 127. The molecule has 0 amide bonds. The Morgan fingerprint density at radius 2 is 1.75 bits per heavy atom. The molecule has 3 aromatic rings. The number of nitrogens with zero attached hydrogens (tertiary/aromatic N) is 2. The first-order chi connectivity index (χ1) is 26.3. The van der Waals surface area contributed by atoms with Crippen molar-refractivity contribution in [3.8, 4) is 0 Å². The van der Waals surface area contributed by atoms with Crippen molar-refractivity contribution in [1.29, 1.82) is 0 Å². The average Bonchev–Trinajstić information content (AvgIpc) is 3.99. The molecule has 0 bridgehead atoms. The van der Waals surface area contributed by atoms with Gasteiger partial charge in [0, 0.05) is 37.4 Å². The maximum absolute atomic E-state index is 5.77. The van der Waals surface area contributed by atoms with Crippen LogP contribution in [0.25, 0.3) is 16.3 Å². The minimum atomic E-state index is -2.26. The number of rotatable bonds is 4. The molecule has 2 nitrogen and oxygen atoms in total. The number of benzene rings is 3. The molecule has 4 atom stereocenters. The summed E-state index contributed by atoms with van der Waals surface area (Å²) in [5.74, 6) is 1.48. The minimum Gasteiger partial charge on any atom is -0.303 e. The molecule has 6 aliphatic carbocycles. The molecule has 0 aromatic heterocycles. The first-order valence-corrected chi connectivity index (χ1v) is 23.5. The first-order valence-electron chi connectivity index (χ1n) is 19.6. The van der Waals surface area contributed by atoms with Crippen molar-refractivity contribution in [3.63, 3.8) is 0 Å². The zero-order chi connectivity index (χ0) is 34.6. The van der Waals surface area contributed by atoms with Gasteiger partial charge in [0.15, 0.2) is 0 Å². The van der Waals surface area contributed by atoms with Gasteiger partial charge in [-0.05, 0) is 124 Å². The molecule has 3 aromatic carbocycles. The molecule has 0 fully saturated rings. The van der Waals surface area contributed by atoms with Crippen molar-refractivity contribution in [3.05, 3.63) is 188 Å². The van der Waals surface area contributed by atoms with Gasteiger partial charge in [-0.25, -0.2) is 3.15 Å². The van der Waals surface area contributed by atoms with E-state index >= 15 is 0 Å². The van der Waals surface area contributed by atoms with Crippen LogP contribution in [-0.4, -0.2) is 12.7 Å². The lowest BCUT2D eigenvalue weighted by Crippen LogP contribution is -2.28. The Bertz CT molecular complexity index is 2610. The van der Waals surface area contributed by atoms with E-state index in [4.69, 9.17) is 3.15 Å². The fraction of sp³-hybridized carbons (Fsp3) is 0.245. The lowest BCUT2D eigenvalue weighted by molar-refractivity contribution is 0.502. The van der Waals surface area contributed by atoms with Crippen LogP contribution in [0.4, 0.5) is 5.69 Å². The van der Waals surface area contributed by atoms with Crippen molar-refractivity contribution in [2.24, 2.45) is 20.9 Å². The highest BCUT2D eigenvalue weighted by molar-refractivity contribution is 14.2. The van der Waals surface area contributed by atoms with Crippen LogP contribution in [0.3, 0.4) is 0 Å². The van der Waals surface area contributed by atoms with Gasteiger partial charge in [-0.3, -0.25) is 0 Å². The molecule has 260 valence electrons. The van der Waals surface area contributed by atoms with E-state index in [1.54, 1.807) is 19.6 Å². The third-order valence-electron chi connectivity index (χ3n) is 13.0. The molecule has 53 heavy (non-hydrogen) atoms. The van der Waals surface area contributed by atoms with E-state index in [0.717, 1.165) is 38.5 Å². The van der Waals surface area contributed by atoms with Crippen LogP contribution in [0.1, 0.15) is 60.8 Å². The van der Waals surface area contributed by atoms with E-state index < -0.39 is 19.4 Å². The molecule has 0 saturated carbocycles. The van der Waals surface area contributed by atoms with E-state index in [1.165, 1.54) is 78.9 Å². The molecule has 0 radical (unpaired) electrons. The Labute approximate surface area is 323 Å². The number of hydrogen-bond acceptors (Lipinski definition) is 3. The summed E-state index contributed by atoms with van der Waals surface area (Å²) >= 11 is -0.250. The largest absolute Gasteiger partial charge is 0.303 e. The van der Waals surface area contributed by atoms with Crippen LogP contribution >= 0.6 is 31.2 Å². The van der Waals surface area contributed by atoms with Crippen LogP contribution in [0, 0.1) is 17.8 Å². The second-order valence-corrected chi connectivity index (χ2v) is 20.9. The summed E-state index contributed by atoms with van der Waals surface area (Å²) in [7, 11) is 0. The summed E-state index contributed by atoms with van der Waals surface area (Å²) in [5.41, 5.74) is 16.2. The molecule has 9 aliphatic rings. The third kappa shape index (κ3) is 4.80. The molecule has 0 saturated heterocycles. The van der Waals surface area contributed by atoms with Gasteiger partial charge < -0.3 is 3.11 Å². The molecule has 4 unspecified atom stereocenters. The van der Waals surface area contributed by atoms with E-state index in [2.05, 4.69) is 131 Å². The topological polar surface area (TPSA) is 15.6 Å². The fourth-order valence-electron chi connectivity index (χ4n) is 10.5. The average molecular weight is 817 g/mol. The second-order valence-electron chi connectivity index (χ2n) is 15.8. The van der Waals surface area contributed by atoms with Gasteiger partial charge in [-0.15, -0.1) is 0 Å². The number of allylic oxidation sites excluding steroid dienone is 15. The normalized spacial score (nSPS) is 27.7. The van der Waals surface area contributed by atoms with E-state index in [9.17, 15) is 0 Å². The van der Waals surface area contributed by atoms with Gasteiger partial charge in [0.05, 0.1) is 31.2 Å². The lowest BCUT2D eigenvalue weighted by Gasteiger charge is -2.31. The molecule has 4 heteroatoms. The third-order valence-corrected chi connectivity index (χ3v) is 19.6. The summed E-state index contributed by atoms with van der Waals surface area (Å²) in [5, 5.41) is 2.93. The lowest BCUT2D eigenvalue weighted by atomic mass is 9.77. The molecular weight excluding hydrogens is 776 g/mol. The second kappa shape index (κ2) is 12.2. The van der Waals surface area contributed by atoms with Gasteiger partial charge in [0.25, 0.3) is 0 Å². The minimum absolute atomic E-state index is 0.336. The summed E-state index contributed by atoms with van der Waals surface area (Å²) < 4.78 is 10.2. The van der Waals surface area contributed by atoms with Crippen molar-refractivity contribution >= 4 is 56.8 Å². The van der Waals surface area contributed by atoms with Gasteiger partial charge in [0.2, 0.25) is 0 Å². The smallest absolute Gasteiger partial charge is 0.0786 e. The Hall–Kier alpha value is -4.13. The molecule has 3 heterocycles. The Balaban J connectivity index is 0.937. The quantitative estimate of drug-likeness (QED) is 0.193.